The van der Waals surface area contributed by atoms with Crippen LogP contribution in [-0.2, 0) is 10.2 Å². The van der Waals surface area contributed by atoms with Gasteiger partial charge in [-0.05, 0) is 43.0 Å². The van der Waals surface area contributed by atoms with Crippen LogP contribution in [0.5, 0.6) is 5.75 Å². The van der Waals surface area contributed by atoms with E-state index < -0.39 is 0 Å². The van der Waals surface area contributed by atoms with Crippen molar-refractivity contribution in [1.29, 1.82) is 0 Å². The van der Waals surface area contributed by atoms with Gasteiger partial charge in [-0.3, -0.25) is 0 Å². The molecule has 0 aliphatic carbocycles. The molecule has 0 spiro atoms. The van der Waals surface area contributed by atoms with Crippen molar-refractivity contribution in [3.05, 3.63) is 28.8 Å². The second kappa shape index (κ2) is 4.87. The largest absolute Gasteiger partial charge is 0.496 e. The van der Waals surface area contributed by atoms with Crippen molar-refractivity contribution in [2.24, 2.45) is 0 Å². The molecule has 1 aliphatic rings. The summed E-state index contributed by atoms with van der Waals surface area (Å²) in [5.41, 5.74) is 3.93. The molecule has 0 saturated carbocycles. The first-order valence-electron chi connectivity index (χ1n) is 5.92. The molecule has 1 saturated heterocycles. The van der Waals surface area contributed by atoms with Gasteiger partial charge in [-0.15, -0.1) is 11.6 Å². The monoisotopic (exact) mass is 254 g/mol. The highest BCUT2D eigenvalue weighted by atomic mass is 35.5. The predicted octanol–water partition coefficient (Wildman–Crippen LogP) is 3.21. The van der Waals surface area contributed by atoms with E-state index in [1.807, 2.05) is 0 Å². The second-order valence-corrected chi connectivity index (χ2v) is 5.23. The summed E-state index contributed by atoms with van der Waals surface area (Å²) in [6.07, 6.45) is 0.973. The molecule has 1 heterocycles. The molecule has 1 fully saturated rings. The molecular formula is C14H19ClO2. The average molecular weight is 255 g/mol. The SMILES string of the molecule is COc1cc(C)c(C2(CCCl)COC2)cc1C. The minimum absolute atomic E-state index is 0.128. The Hall–Kier alpha value is -0.730. The first kappa shape index (κ1) is 12.7. The van der Waals surface area contributed by atoms with Gasteiger partial charge >= 0.3 is 0 Å². The van der Waals surface area contributed by atoms with Gasteiger partial charge in [0.05, 0.1) is 20.3 Å². The number of methoxy groups -OCH3 is 1. The molecule has 1 aliphatic heterocycles. The lowest BCUT2D eigenvalue weighted by atomic mass is 9.74. The van der Waals surface area contributed by atoms with Crippen molar-refractivity contribution in [3.8, 4) is 5.75 Å². The van der Waals surface area contributed by atoms with Gasteiger partial charge in [-0.2, -0.15) is 0 Å². The minimum atomic E-state index is 0.128. The smallest absolute Gasteiger partial charge is 0.122 e. The Bertz CT molecular complexity index is 411. The summed E-state index contributed by atoms with van der Waals surface area (Å²) in [7, 11) is 1.71. The van der Waals surface area contributed by atoms with Crippen LogP contribution in [0.3, 0.4) is 0 Å². The molecule has 1 aromatic carbocycles. The lowest BCUT2D eigenvalue weighted by Crippen LogP contribution is -2.47. The summed E-state index contributed by atoms with van der Waals surface area (Å²) in [4.78, 5) is 0. The average Bonchev–Trinajstić information content (AvgIpc) is 2.26. The molecule has 0 radical (unpaired) electrons. The minimum Gasteiger partial charge on any atom is -0.496 e. The van der Waals surface area contributed by atoms with E-state index in [1.54, 1.807) is 7.11 Å². The number of halogens is 1. The molecule has 3 heteroatoms. The summed E-state index contributed by atoms with van der Waals surface area (Å²) in [6.45, 7) is 5.78. The van der Waals surface area contributed by atoms with Crippen LogP contribution in [-0.4, -0.2) is 26.2 Å². The molecule has 0 aromatic heterocycles. The lowest BCUT2D eigenvalue weighted by Gasteiger charge is -2.43. The van der Waals surface area contributed by atoms with E-state index in [2.05, 4.69) is 26.0 Å². The maximum atomic E-state index is 5.92. The van der Waals surface area contributed by atoms with Crippen LogP contribution in [0.4, 0.5) is 0 Å². The van der Waals surface area contributed by atoms with Crippen molar-refractivity contribution in [3.63, 3.8) is 0 Å². The van der Waals surface area contributed by atoms with Crippen molar-refractivity contribution >= 4 is 11.6 Å². The third-order valence-electron chi connectivity index (χ3n) is 3.64. The van der Waals surface area contributed by atoms with Crippen LogP contribution in [0.1, 0.15) is 23.1 Å². The Kier molecular flexibility index (Phi) is 3.64. The fourth-order valence-corrected chi connectivity index (χ4v) is 2.91. The van der Waals surface area contributed by atoms with Crippen LogP contribution in [0.25, 0.3) is 0 Å². The molecule has 0 N–H and O–H groups in total. The van der Waals surface area contributed by atoms with E-state index >= 15 is 0 Å². The highest BCUT2D eigenvalue weighted by Gasteiger charge is 2.40. The van der Waals surface area contributed by atoms with Crippen LogP contribution in [0.15, 0.2) is 12.1 Å². The molecule has 0 amide bonds. The van der Waals surface area contributed by atoms with E-state index in [0.29, 0.717) is 5.88 Å². The normalized spacial score (nSPS) is 17.6. The highest BCUT2D eigenvalue weighted by Crippen LogP contribution is 2.39. The van der Waals surface area contributed by atoms with E-state index in [4.69, 9.17) is 21.1 Å². The Morgan fingerprint density at radius 1 is 1.29 bits per heavy atom. The van der Waals surface area contributed by atoms with Gasteiger partial charge in [0.2, 0.25) is 0 Å². The molecule has 0 bridgehead atoms. The van der Waals surface area contributed by atoms with Crippen LogP contribution in [0, 0.1) is 13.8 Å². The second-order valence-electron chi connectivity index (χ2n) is 4.85. The van der Waals surface area contributed by atoms with Gasteiger partial charge < -0.3 is 9.47 Å². The van der Waals surface area contributed by atoms with Gasteiger partial charge in [0.1, 0.15) is 5.75 Å². The molecule has 1 aromatic rings. The van der Waals surface area contributed by atoms with Gasteiger partial charge in [0.25, 0.3) is 0 Å². The predicted molar refractivity (Wildman–Crippen MR) is 70.3 cm³/mol. The van der Waals surface area contributed by atoms with E-state index in [1.165, 1.54) is 16.7 Å². The number of benzene rings is 1. The van der Waals surface area contributed by atoms with Crippen LogP contribution in [0.2, 0.25) is 0 Å². The van der Waals surface area contributed by atoms with Crippen molar-refractivity contribution in [1.82, 2.24) is 0 Å². The first-order valence-corrected chi connectivity index (χ1v) is 6.46. The highest BCUT2D eigenvalue weighted by molar-refractivity contribution is 6.17. The number of alkyl halides is 1. The molecule has 0 unspecified atom stereocenters. The van der Waals surface area contributed by atoms with E-state index in [0.717, 1.165) is 25.4 Å². The molecule has 17 heavy (non-hydrogen) atoms. The third kappa shape index (κ3) is 2.16. The summed E-state index contributed by atoms with van der Waals surface area (Å²) >= 11 is 5.92. The fraction of sp³-hybridized carbons (Fsp3) is 0.571. The zero-order valence-corrected chi connectivity index (χ0v) is 11.4. The summed E-state index contributed by atoms with van der Waals surface area (Å²) < 4.78 is 10.8. The van der Waals surface area contributed by atoms with Gasteiger partial charge in [-0.25, -0.2) is 0 Å². The number of aryl methyl sites for hydroxylation is 2. The Balaban J connectivity index is 2.41. The summed E-state index contributed by atoms with van der Waals surface area (Å²) in [5.74, 6) is 1.63. The molecule has 94 valence electrons. The summed E-state index contributed by atoms with van der Waals surface area (Å²) in [6, 6.07) is 4.34. The van der Waals surface area contributed by atoms with Gasteiger partial charge in [0, 0.05) is 11.3 Å². The third-order valence-corrected chi connectivity index (χ3v) is 3.83. The zero-order chi connectivity index (χ0) is 12.5. The van der Waals surface area contributed by atoms with Crippen molar-refractivity contribution in [2.75, 3.05) is 26.2 Å². The van der Waals surface area contributed by atoms with E-state index in [-0.39, 0.29) is 5.41 Å². The lowest BCUT2D eigenvalue weighted by molar-refractivity contribution is -0.0619. The molecule has 0 atom stereocenters. The Morgan fingerprint density at radius 2 is 2.00 bits per heavy atom. The molecule has 2 rings (SSSR count). The maximum Gasteiger partial charge on any atom is 0.122 e. The molecular weight excluding hydrogens is 236 g/mol. The summed E-state index contributed by atoms with van der Waals surface area (Å²) in [5, 5.41) is 0. The maximum absolute atomic E-state index is 5.92. The zero-order valence-electron chi connectivity index (χ0n) is 10.7. The van der Waals surface area contributed by atoms with Crippen molar-refractivity contribution in [2.45, 2.75) is 25.7 Å². The van der Waals surface area contributed by atoms with Gasteiger partial charge in [-0.1, -0.05) is 6.07 Å². The Morgan fingerprint density at radius 3 is 2.47 bits per heavy atom. The fourth-order valence-electron chi connectivity index (χ4n) is 2.54. The Labute approximate surface area is 108 Å². The first-order chi connectivity index (χ1) is 8.13. The topological polar surface area (TPSA) is 18.5 Å². The molecule has 2 nitrogen and oxygen atoms in total. The quantitative estimate of drug-likeness (QED) is 0.769. The number of rotatable bonds is 4. The van der Waals surface area contributed by atoms with Crippen LogP contribution < -0.4 is 4.74 Å². The van der Waals surface area contributed by atoms with E-state index in [9.17, 15) is 0 Å². The number of hydrogen-bond acceptors (Lipinski definition) is 2. The number of hydrogen-bond donors (Lipinski definition) is 0. The number of ether oxygens (including phenoxy) is 2. The van der Waals surface area contributed by atoms with Crippen molar-refractivity contribution < 1.29 is 9.47 Å². The van der Waals surface area contributed by atoms with Crippen LogP contribution >= 0.6 is 11.6 Å². The van der Waals surface area contributed by atoms with Gasteiger partial charge in [0.15, 0.2) is 0 Å². The standard InChI is InChI=1S/C14H19ClO2/c1-10-7-13(16-3)11(2)6-12(10)14(4-5-15)8-17-9-14/h6-7H,4-5,8-9H2,1-3H3.